The van der Waals surface area contributed by atoms with E-state index in [0.717, 1.165) is 62.2 Å². The smallest absolute Gasteiger partial charge is 0.422 e. The molecule has 0 spiro atoms. The van der Waals surface area contributed by atoms with Gasteiger partial charge in [0.05, 0.1) is 44.4 Å². The predicted molar refractivity (Wildman–Crippen MR) is 222 cm³/mol. The Morgan fingerprint density at radius 3 is 2.14 bits per heavy atom. The van der Waals surface area contributed by atoms with Gasteiger partial charge < -0.3 is 20.5 Å². The second-order valence-corrected chi connectivity index (χ2v) is 16.5. The van der Waals surface area contributed by atoms with Crippen molar-refractivity contribution in [3.63, 3.8) is 0 Å². The van der Waals surface area contributed by atoms with Crippen LogP contribution in [0.15, 0.2) is 107 Å². The third-order valence-electron chi connectivity index (χ3n) is 10.0. The number of fused-ring (bicyclic) bond motifs is 2. The van der Waals surface area contributed by atoms with E-state index in [0.29, 0.717) is 28.3 Å². The summed E-state index contributed by atoms with van der Waals surface area (Å²) in [7, 11) is 0. The van der Waals surface area contributed by atoms with Gasteiger partial charge in [-0.1, -0.05) is 49.2 Å². The standard InChI is InChI=1S/C21H26BrN5O.C20H16BrF3N5O2/c1-21(2,28)16-8-4-3-7-15(16)18-10-19(24-12-14-6-5-9-23-11-14)27-20(26-18)17(22)13-25-27;21-15-10-26-29-17(8-16(27-19(15)29)14-4-2-1-3-5-14)25-9-13-6-7-18(28(30)11-13)31-12-20(22,23)24/h5-6,9-11,13,15-16,24,28H,3-4,7-8,12H2,1-2H3;1-8,10-11,25,30H,9,12H2/q;+1/t15-,16+;/m1./s1. The molecule has 6 heterocycles. The molecule has 0 unspecified atom stereocenters. The number of aliphatic hydroxyl groups is 1. The van der Waals surface area contributed by atoms with Gasteiger partial charge in [0, 0.05) is 59.4 Å². The first-order chi connectivity index (χ1) is 28.2. The molecule has 1 aliphatic rings. The minimum Gasteiger partial charge on any atom is -0.432 e. The van der Waals surface area contributed by atoms with Crippen LogP contribution < -0.4 is 20.1 Å². The second-order valence-electron chi connectivity index (χ2n) is 14.8. The van der Waals surface area contributed by atoms with Crippen molar-refractivity contribution in [2.75, 3.05) is 17.2 Å². The van der Waals surface area contributed by atoms with Crippen LogP contribution in [0.2, 0.25) is 0 Å². The number of ether oxygens (including phenoxy) is 1. The molecule has 1 aromatic carbocycles. The maximum Gasteiger partial charge on any atom is 0.422 e. The number of alkyl halides is 3. The molecule has 7 aromatic rings. The zero-order valence-corrected chi connectivity index (χ0v) is 35.3. The monoisotopic (exact) mass is 937 g/mol. The van der Waals surface area contributed by atoms with Crippen LogP contribution in [0.5, 0.6) is 5.88 Å². The Labute approximate surface area is 354 Å². The zero-order chi connectivity index (χ0) is 41.7. The average Bonchev–Trinajstić information content (AvgIpc) is 3.80. The molecular formula is C41H42Br2F3N10O3+. The summed E-state index contributed by atoms with van der Waals surface area (Å²) in [6.07, 6.45) is 8.23. The van der Waals surface area contributed by atoms with Crippen LogP contribution in [0.1, 0.15) is 62.3 Å². The van der Waals surface area contributed by atoms with Crippen LogP contribution in [0, 0.1) is 5.92 Å². The number of rotatable bonds is 11. The maximum absolute atomic E-state index is 12.3. The molecule has 0 radical (unpaired) electrons. The summed E-state index contributed by atoms with van der Waals surface area (Å²) in [6.45, 7) is 3.28. The van der Waals surface area contributed by atoms with Gasteiger partial charge in [-0.3, -0.25) is 10.2 Å². The van der Waals surface area contributed by atoms with Crippen LogP contribution in [-0.2, 0) is 13.1 Å². The lowest BCUT2D eigenvalue weighted by atomic mass is 9.70. The van der Waals surface area contributed by atoms with E-state index in [2.05, 4.69) is 73.5 Å². The molecule has 59 heavy (non-hydrogen) atoms. The summed E-state index contributed by atoms with van der Waals surface area (Å²) in [5, 5.41) is 36.1. The number of halogens is 5. The van der Waals surface area contributed by atoms with Gasteiger partial charge in [0.15, 0.2) is 17.9 Å². The fraction of sp³-hybridized carbons (Fsp3) is 0.317. The van der Waals surface area contributed by atoms with Crippen molar-refractivity contribution in [3.05, 3.63) is 123 Å². The van der Waals surface area contributed by atoms with Gasteiger partial charge in [-0.15, -0.1) is 0 Å². The molecule has 1 saturated carbocycles. The van der Waals surface area contributed by atoms with Crippen LogP contribution in [0.3, 0.4) is 0 Å². The average molecular weight is 940 g/mol. The number of hydrogen-bond acceptors (Lipinski definition) is 10. The summed E-state index contributed by atoms with van der Waals surface area (Å²) >= 11 is 7.02. The van der Waals surface area contributed by atoms with E-state index in [1.807, 2.05) is 73.1 Å². The molecule has 1 aliphatic carbocycles. The van der Waals surface area contributed by atoms with Crippen molar-refractivity contribution < 1.29 is 33.0 Å². The largest absolute Gasteiger partial charge is 0.432 e. The van der Waals surface area contributed by atoms with Gasteiger partial charge in [-0.05, 0) is 82.2 Å². The number of aromatic nitrogens is 8. The number of nitrogens with zero attached hydrogens (tertiary/aromatic N) is 8. The van der Waals surface area contributed by atoms with E-state index in [4.69, 9.17) is 4.98 Å². The molecule has 6 aromatic heterocycles. The normalized spacial score (nSPS) is 15.8. The highest BCUT2D eigenvalue weighted by Crippen LogP contribution is 2.43. The van der Waals surface area contributed by atoms with Crippen molar-refractivity contribution in [1.82, 2.24) is 34.2 Å². The molecule has 13 nitrogen and oxygen atoms in total. The zero-order valence-electron chi connectivity index (χ0n) is 32.1. The number of anilines is 2. The van der Waals surface area contributed by atoms with Crippen LogP contribution >= 0.6 is 31.9 Å². The fourth-order valence-corrected chi connectivity index (χ4v) is 7.90. The third kappa shape index (κ3) is 10.3. The van der Waals surface area contributed by atoms with Crippen molar-refractivity contribution in [2.24, 2.45) is 5.92 Å². The molecule has 4 N–H and O–H groups in total. The summed E-state index contributed by atoms with van der Waals surface area (Å²) in [5.41, 5.74) is 5.11. The number of hydrogen-bond donors (Lipinski definition) is 4. The van der Waals surface area contributed by atoms with E-state index >= 15 is 0 Å². The lowest BCUT2D eigenvalue weighted by Gasteiger charge is -2.39. The molecule has 0 amide bonds. The Morgan fingerprint density at radius 1 is 0.831 bits per heavy atom. The van der Waals surface area contributed by atoms with Crippen LogP contribution in [0.25, 0.3) is 22.6 Å². The van der Waals surface area contributed by atoms with Crippen LogP contribution in [-0.4, -0.2) is 62.9 Å². The molecule has 308 valence electrons. The van der Waals surface area contributed by atoms with E-state index in [9.17, 15) is 23.5 Å². The van der Waals surface area contributed by atoms with E-state index in [1.54, 1.807) is 29.2 Å². The van der Waals surface area contributed by atoms with E-state index in [1.165, 1.54) is 18.7 Å². The Morgan fingerprint density at radius 2 is 1.49 bits per heavy atom. The summed E-state index contributed by atoms with van der Waals surface area (Å²) in [5.74, 6) is 1.67. The summed E-state index contributed by atoms with van der Waals surface area (Å²) in [6, 6.07) is 20.4. The molecule has 0 aliphatic heterocycles. The Hall–Kier alpha value is -5.33. The molecular weight excluding hydrogens is 897 g/mol. The number of nitrogens with one attached hydrogen (secondary N) is 2. The van der Waals surface area contributed by atoms with Gasteiger partial charge in [-0.25, -0.2) is 9.97 Å². The van der Waals surface area contributed by atoms with Crippen molar-refractivity contribution in [3.8, 4) is 17.1 Å². The van der Waals surface area contributed by atoms with Gasteiger partial charge in [0.25, 0.3) is 0 Å². The molecule has 0 saturated heterocycles. The molecule has 1 fully saturated rings. The maximum atomic E-state index is 12.3. The highest BCUT2D eigenvalue weighted by molar-refractivity contribution is 9.11. The Balaban J connectivity index is 0.000000180. The first-order valence-corrected chi connectivity index (χ1v) is 20.5. The predicted octanol–water partition coefficient (Wildman–Crippen LogP) is 8.78. The molecule has 0 bridgehead atoms. The number of pyridine rings is 2. The second kappa shape index (κ2) is 17.9. The highest BCUT2D eigenvalue weighted by atomic mass is 79.9. The Bertz CT molecular complexity index is 2510. The third-order valence-corrected chi connectivity index (χ3v) is 11.1. The van der Waals surface area contributed by atoms with Gasteiger partial charge >= 0.3 is 12.1 Å². The minimum atomic E-state index is -4.49. The van der Waals surface area contributed by atoms with Crippen molar-refractivity contribution in [1.29, 1.82) is 0 Å². The lowest BCUT2D eigenvalue weighted by molar-refractivity contribution is -0.906. The van der Waals surface area contributed by atoms with Crippen molar-refractivity contribution >= 4 is 54.8 Å². The van der Waals surface area contributed by atoms with Gasteiger partial charge in [0.2, 0.25) is 6.20 Å². The first-order valence-electron chi connectivity index (χ1n) is 18.9. The van der Waals surface area contributed by atoms with Crippen molar-refractivity contribution in [2.45, 2.75) is 70.3 Å². The summed E-state index contributed by atoms with van der Waals surface area (Å²) < 4.78 is 47.1. The van der Waals surface area contributed by atoms with Gasteiger partial charge in [-0.2, -0.15) is 32.4 Å². The van der Waals surface area contributed by atoms with E-state index < -0.39 is 18.4 Å². The molecule has 2 atom stereocenters. The quantitative estimate of drug-likeness (QED) is 0.0733. The Kier molecular flexibility index (Phi) is 12.7. The lowest BCUT2D eigenvalue weighted by Crippen LogP contribution is -2.37. The highest BCUT2D eigenvalue weighted by Gasteiger charge is 2.38. The summed E-state index contributed by atoms with van der Waals surface area (Å²) in [4.78, 5) is 13.8. The topological polar surface area (TPSA) is 151 Å². The minimum absolute atomic E-state index is 0.198. The van der Waals surface area contributed by atoms with Crippen LogP contribution in [0.4, 0.5) is 24.8 Å². The van der Waals surface area contributed by atoms with Gasteiger partial charge in [0.1, 0.15) is 11.6 Å². The first kappa shape index (κ1) is 41.8. The van der Waals surface area contributed by atoms with E-state index in [-0.39, 0.29) is 24.3 Å². The number of benzene rings is 1. The SMILES string of the molecule is CC(C)(O)[C@H]1CCCC[C@H]1c1cc(NCc2cccnc2)n2ncc(Br)c2n1.O[n+]1cc(CNc2cc(-c3ccccc3)nc3c(Br)cnn23)ccc1OCC(F)(F)F. The fourth-order valence-electron chi connectivity index (χ4n) is 7.20. The molecule has 8 rings (SSSR count). The molecule has 18 heteroatoms.